The summed E-state index contributed by atoms with van der Waals surface area (Å²) in [5, 5.41) is 6.10. The summed E-state index contributed by atoms with van der Waals surface area (Å²) in [7, 11) is -3.10. The minimum absolute atomic E-state index is 0. The molecule has 1 rings (SSSR count). The largest absolute Gasteiger partial charge is 0.356 e. The Morgan fingerprint density at radius 1 is 1.27 bits per heavy atom. The molecule has 2 N–H and O–H groups in total. The zero-order valence-electron chi connectivity index (χ0n) is 13.6. The van der Waals surface area contributed by atoms with Crippen LogP contribution in [0.25, 0.3) is 0 Å². The van der Waals surface area contributed by atoms with Crippen LogP contribution in [0, 0.1) is 5.92 Å². The summed E-state index contributed by atoms with van der Waals surface area (Å²) in [6, 6.07) is 0. The van der Waals surface area contributed by atoms with E-state index in [1.54, 1.807) is 0 Å². The van der Waals surface area contributed by atoms with Gasteiger partial charge in [0, 0.05) is 39.1 Å². The van der Waals surface area contributed by atoms with Crippen LogP contribution in [0.4, 0.5) is 0 Å². The molecule has 0 saturated carbocycles. The van der Waals surface area contributed by atoms with Crippen molar-refractivity contribution < 1.29 is 13.2 Å². The zero-order valence-corrected chi connectivity index (χ0v) is 15.3. The number of rotatable bonds is 9. The second kappa shape index (κ2) is 11.2. The maximum absolute atomic E-state index is 11.7. The van der Waals surface area contributed by atoms with Gasteiger partial charge in [0.25, 0.3) is 0 Å². The first kappa shape index (κ1) is 21.6. The molecule has 0 aliphatic carbocycles. The highest BCUT2D eigenvalue weighted by atomic mass is 35.5. The smallest absolute Gasteiger partial charge is 0.221 e. The molecule has 6 nitrogen and oxygen atoms in total. The van der Waals surface area contributed by atoms with Crippen molar-refractivity contribution in [3.63, 3.8) is 0 Å². The van der Waals surface area contributed by atoms with E-state index in [0.29, 0.717) is 6.54 Å². The summed E-state index contributed by atoms with van der Waals surface area (Å²) in [6.07, 6.45) is 0.979. The maximum Gasteiger partial charge on any atom is 0.221 e. The summed E-state index contributed by atoms with van der Waals surface area (Å²) in [5.41, 5.74) is 0. The SMILES string of the molecule is CC(C)CS(=O)(=O)CCC(=O)NCCCN1CCNCC1.Cl. The third-order valence-corrected chi connectivity index (χ3v) is 5.41. The molecule has 22 heavy (non-hydrogen) atoms. The van der Waals surface area contributed by atoms with Gasteiger partial charge in [-0.05, 0) is 18.9 Å². The average molecular weight is 356 g/mol. The van der Waals surface area contributed by atoms with E-state index in [2.05, 4.69) is 15.5 Å². The molecule has 1 heterocycles. The first-order chi connectivity index (χ1) is 9.89. The number of sulfone groups is 1. The third kappa shape index (κ3) is 10.4. The van der Waals surface area contributed by atoms with E-state index in [1.165, 1.54) is 0 Å². The third-order valence-electron chi connectivity index (χ3n) is 3.41. The number of carbonyl (C=O) groups is 1. The van der Waals surface area contributed by atoms with Gasteiger partial charge in [0.05, 0.1) is 11.5 Å². The lowest BCUT2D eigenvalue weighted by Gasteiger charge is -2.27. The van der Waals surface area contributed by atoms with E-state index in [4.69, 9.17) is 0 Å². The lowest BCUT2D eigenvalue weighted by atomic mass is 10.3. The van der Waals surface area contributed by atoms with Crippen LogP contribution in [0.1, 0.15) is 26.7 Å². The van der Waals surface area contributed by atoms with Crippen LogP contribution in [-0.4, -0.2) is 70.0 Å². The fraction of sp³-hybridized carbons (Fsp3) is 0.929. The highest BCUT2D eigenvalue weighted by Crippen LogP contribution is 2.02. The topological polar surface area (TPSA) is 78.5 Å². The molecular weight excluding hydrogens is 326 g/mol. The highest BCUT2D eigenvalue weighted by Gasteiger charge is 2.15. The van der Waals surface area contributed by atoms with E-state index < -0.39 is 9.84 Å². The predicted octanol–water partition coefficient (Wildman–Crippen LogP) is 0.281. The zero-order chi connectivity index (χ0) is 15.7. The molecule has 0 unspecified atom stereocenters. The molecule has 0 aromatic heterocycles. The van der Waals surface area contributed by atoms with Crippen LogP contribution >= 0.6 is 12.4 Å². The number of hydrogen-bond donors (Lipinski definition) is 2. The molecule has 0 aromatic carbocycles. The fourth-order valence-electron chi connectivity index (χ4n) is 2.39. The lowest BCUT2D eigenvalue weighted by Crippen LogP contribution is -2.44. The van der Waals surface area contributed by atoms with Crippen LogP contribution in [0.15, 0.2) is 0 Å². The van der Waals surface area contributed by atoms with Crippen molar-refractivity contribution in [1.82, 2.24) is 15.5 Å². The number of carbonyl (C=O) groups excluding carboxylic acids is 1. The van der Waals surface area contributed by atoms with E-state index in [1.807, 2.05) is 13.8 Å². The second-order valence-corrected chi connectivity index (χ2v) is 8.28. The van der Waals surface area contributed by atoms with Gasteiger partial charge in [0.2, 0.25) is 5.91 Å². The van der Waals surface area contributed by atoms with Crippen LogP contribution in [0.2, 0.25) is 0 Å². The molecule has 8 heteroatoms. The normalized spacial score (nSPS) is 16.3. The van der Waals surface area contributed by atoms with Crippen molar-refractivity contribution in [1.29, 1.82) is 0 Å². The van der Waals surface area contributed by atoms with Crippen molar-refractivity contribution in [2.45, 2.75) is 26.7 Å². The summed E-state index contributed by atoms with van der Waals surface area (Å²) in [5.74, 6) is 0.0534. The van der Waals surface area contributed by atoms with Gasteiger partial charge in [-0.2, -0.15) is 0 Å². The molecule has 0 spiro atoms. The van der Waals surface area contributed by atoms with Crippen LogP contribution in [0.5, 0.6) is 0 Å². The van der Waals surface area contributed by atoms with Crippen molar-refractivity contribution in [3.05, 3.63) is 0 Å². The van der Waals surface area contributed by atoms with Crippen molar-refractivity contribution in [2.24, 2.45) is 5.92 Å². The quantitative estimate of drug-likeness (QED) is 0.581. The fourth-order valence-corrected chi connectivity index (χ4v) is 4.07. The standard InChI is InChI=1S/C14H29N3O3S.ClH/c1-13(2)12-21(19,20)11-4-14(18)16-5-3-8-17-9-6-15-7-10-17;/h13,15H,3-12H2,1-2H3,(H,16,18);1H. The number of hydrogen-bond acceptors (Lipinski definition) is 5. The number of nitrogens with zero attached hydrogens (tertiary/aromatic N) is 1. The van der Waals surface area contributed by atoms with Crippen molar-refractivity contribution in [2.75, 3.05) is 50.8 Å². The Balaban J connectivity index is 0.00000441. The molecule has 1 saturated heterocycles. The maximum atomic E-state index is 11.7. The molecule has 132 valence electrons. The Bertz CT molecular complexity index is 410. The van der Waals surface area contributed by atoms with Crippen LogP contribution in [0.3, 0.4) is 0 Å². The van der Waals surface area contributed by atoms with Gasteiger partial charge >= 0.3 is 0 Å². The number of nitrogens with one attached hydrogen (secondary N) is 2. The molecular formula is C14H30ClN3O3S. The molecule has 0 aromatic rings. The molecule has 0 atom stereocenters. The van der Waals surface area contributed by atoms with E-state index in [9.17, 15) is 13.2 Å². The first-order valence-corrected chi connectivity index (χ1v) is 9.61. The predicted molar refractivity (Wildman–Crippen MR) is 92.3 cm³/mol. The van der Waals surface area contributed by atoms with E-state index in [-0.39, 0.29) is 42.2 Å². The molecule has 1 fully saturated rings. The minimum Gasteiger partial charge on any atom is -0.356 e. The Kier molecular flexibility index (Phi) is 11.0. The van der Waals surface area contributed by atoms with Crippen molar-refractivity contribution in [3.8, 4) is 0 Å². The average Bonchev–Trinajstić information content (AvgIpc) is 2.41. The Morgan fingerprint density at radius 3 is 2.50 bits per heavy atom. The van der Waals surface area contributed by atoms with Gasteiger partial charge in [-0.3, -0.25) is 4.79 Å². The summed E-state index contributed by atoms with van der Waals surface area (Å²) in [6.45, 7) is 9.50. The van der Waals surface area contributed by atoms with Crippen LogP contribution in [-0.2, 0) is 14.6 Å². The van der Waals surface area contributed by atoms with Gasteiger partial charge in [0.1, 0.15) is 0 Å². The van der Waals surface area contributed by atoms with Gasteiger partial charge in [-0.1, -0.05) is 13.8 Å². The first-order valence-electron chi connectivity index (χ1n) is 7.79. The molecule has 1 amide bonds. The van der Waals surface area contributed by atoms with E-state index >= 15 is 0 Å². The number of halogens is 1. The summed E-state index contributed by atoms with van der Waals surface area (Å²) < 4.78 is 23.4. The number of piperazine rings is 1. The summed E-state index contributed by atoms with van der Waals surface area (Å²) in [4.78, 5) is 14.0. The molecule has 0 bridgehead atoms. The summed E-state index contributed by atoms with van der Waals surface area (Å²) >= 11 is 0. The van der Waals surface area contributed by atoms with Crippen molar-refractivity contribution >= 4 is 28.2 Å². The lowest BCUT2D eigenvalue weighted by molar-refractivity contribution is -0.120. The van der Waals surface area contributed by atoms with Gasteiger partial charge in [-0.15, -0.1) is 12.4 Å². The Morgan fingerprint density at radius 2 is 1.91 bits per heavy atom. The minimum atomic E-state index is -3.10. The molecule has 1 aliphatic heterocycles. The van der Waals surface area contributed by atoms with Gasteiger partial charge < -0.3 is 15.5 Å². The monoisotopic (exact) mass is 355 g/mol. The molecule has 1 aliphatic rings. The number of amides is 1. The Hall–Kier alpha value is -0.370. The van der Waals surface area contributed by atoms with Gasteiger partial charge in [-0.25, -0.2) is 8.42 Å². The van der Waals surface area contributed by atoms with E-state index in [0.717, 1.165) is 39.1 Å². The Labute approximate surface area is 140 Å². The highest BCUT2D eigenvalue weighted by molar-refractivity contribution is 7.91. The second-order valence-electron chi connectivity index (χ2n) is 6.05. The van der Waals surface area contributed by atoms with Gasteiger partial charge in [0.15, 0.2) is 9.84 Å². The molecule has 0 radical (unpaired) electrons. The van der Waals surface area contributed by atoms with Crippen LogP contribution < -0.4 is 10.6 Å².